The third kappa shape index (κ3) is 6.01. The number of carboxylic acid groups (broad SMARTS) is 1. The molecule has 1 amide bonds. The van der Waals surface area contributed by atoms with Crippen molar-refractivity contribution in [3.05, 3.63) is 0 Å². The van der Waals surface area contributed by atoms with E-state index in [1.807, 2.05) is 6.92 Å². The number of unbranched alkanes of at least 4 members (excludes halogenated alkanes) is 2. The van der Waals surface area contributed by atoms with Crippen LogP contribution in [0.5, 0.6) is 0 Å². The first-order valence-electron chi connectivity index (χ1n) is 7.75. The first kappa shape index (κ1) is 17.9. The van der Waals surface area contributed by atoms with Crippen LogP contribution in [0, 0.1) is 5.92 Å². The molecule has 1 saturated heterocycles. The lowest BCUT2D eigenvalue weighted by Gasteiger charge is -2.26. The summed E-state index contributed by atoms with van der Waals surface area (Å²) in [6, 6.07) is -0.0730. The highest BCUT2D eigenvalue weighted by Gasteiger charge is 2.37. The van der Waals surface area contributed by atoms with Gasteiger partial charge in [0.15, 0.2) is 0 Å². The number of rotatable bonds is 9. The van der Waals surface area contributed by atoms with Crippen LogP contribution in [0.4, 0.5) is 0 Å². The zero-order valence-corrected chi connectivity index (χ0v) is 13.3. The summed E-state index contributed by atoms with van der Waals surface area (Å²) in [5, 5.41) is 12.1. The Labute approximate surface area is 126 Å². The molecule has 2 N–H and O–H groups in total. The first-order valence-corrected chi connectivity index (χ1v) is 7.75. The van der Waals surface area contributed by atoms with Gasteiger partial charge in [-0.3, -0.25) is 14.5 Å². The molecule has 0 bridgehead atoms. The maximum Gasteiger partial charge on any atom is 0.310 e. The lowest BCUT2D eigenvalue weighted by atomic mass is 10.0. The fourth-order valence-electron chi connectivity index (χ4n) is 2.65. The molecular formula is C15H28N2O4. The number of carbonyl (C=O) groups excluding carboxylic acids is 1. The lowest BCUT2D eigenvalue weighted by molar-refractivity contribution is -0.143. The summed E-state index contributed by atoms with van der Waals surface area (Å²) in [4.78, 5) is 24.9. The van der Waals surface area contributed by atoms with E-state index in [1.165, 1.54) is 12.8 Å². The van der Waals surface area contributed by atoms with Crippen LogP contribution in [0.2, 0.25) is 0 Å². The Kier molecular flexibility index (Phi) is 7.67. The minimum atomic E-state index is -0.863. The van der Waals surface area contributed by atoms with Gasteiger partial charge in [0.25, 0.3) is 0 Å². The summed E-state index contributed by atoms with van der Waals surface area (Å²) in [5.74, 6) is -1.47. The van der Waals surface area contributed by atoms with Crippen LogP contribution in [-0.4, -0.2) is 60.8 Å². The van der Waals surface area contributed by atoms with Crippen molar-refractivity contribution in [1.82, 2.24) is 10.2 Å². The van der Waals surface area contributed by atoms with E-state index >= 15 is 0 Å². The monoisotopic (exact) mass is 300 g/mol. The second-order valence-corrected chi connectivity index (χ2v) is 5.93. The molecule has 0 aromatic heterocycles. The van der Waals surface area contributed by atoms with E-state index in [1.54, 1.807) is 11.9 Å². The van der Waals surface area contributed by atoms with Crippen molar-refractivity contribution >= 4 is 11.9 Å². The van der Waals surface area contributed by atoms with E-state index in [-0.39, 0.29) is 31.1 Å². The van der Waals surface area contributed by atoms with Crippen LogP contribution in [0.3, 0.4) is 0 Å². The Morgan fingerprint density at radius 3 is 2.71 bits per heavy atom. The van der Waals surface area contributed by atoms with Crippen molar-refractivity contribution < 1.29 is 19.4 Å². The molecule has 3 unspecified atom stereocenters. The maximum atomic E-state index is 12.0. The van der Waals surface area contributed by atoms with Crippen LogP contribution in [0.15, 0.2) is 0 Å². The molecule has 122 valence electrons. The molecule has 0 saturated carbocycles. The smallest absolute Gasteiger partial charge is 0.310 e. The van der Waals surface area contributed by atoms with Gasteiger partial charge in [-0.05, 0) is 20.4 Å². The van der Waals surface area contributed by atoms with Gasteiger partial charge < -0.3 is 15.2 Å². The van der Waals surface area contributed by atoms with Gasteiger partial charge in [-0.25, -0.2) is 0 Å². The molecule has 0 aromatic carbocycles. The van der Waals surface area contributed by atoms with Gasteiger partial charge in [-0.1, -0.05) is 26.2 Å². The highest BCUT2D eigenvalue weighted by Crippen LogP contribution is 2.18. The van der Waals surface area contributed by atoms with Crippen molar-refractivity contribution in [2.24, 2.45) is 5.92 Å². The number of nitrogens with one attached hydrogen (secondary N) is 1. The molecule has 0 aromatic rings. The fourth-order valence-corrected chi connectivity index (χ4v) is 2.65. The zero-order chi connectivity index (χ0) is 15.8. The lowest BCUT2D eigenvalue weighted by Crippen LogP contribution is -2.47. The summed E-state index contributed by atoms with van der Waals surface area (Å²) in [6.07, 6.45) is 4.44. The first-order chi connectivity index (χ1) is 9.95. The molecule has 6 heteroatoms. The van der Waals surface area contributed by atoms with Crippen LogP contribution in [0.25, 0.3) is 0 Å². The highest BCUT2D eigenvalue weighted by atomic mass is 16.5. The standard InChI is InChI=1S/C15H28N2O4/c1-4-5-6-7-11(2)16-14(18)8-17(3)13-10-21-9-12(13)15(19)20/h11-13H,4-10H2,1-3H3,(H,16,18)(H,19,20). The number of hydrogen-bond donors (Lipinski definition) is 2. The average molecular weight is 300 g/mol. The summed E-state index contributed by atoms with van der Waals surface area (Å²) in [7, 11) is 1.77. The topological polar surface area (TPSA) is 78.9 Å². The Morgan fingerprint density at radius 1 is 1.38 bits per heavy atom. The van der Waals surface area contributed by atoms with E-state index in [4.69, 9.17) is 9.84 Å². The predicted molar refractivity (Wildman–Crippen MR) is 80.1 cm³/mol. The molecular weight excluding hydrogens is 272 g/mol. The third-order valence-corrected chi connectivity index (χ3v) is 3.97. The van der Waals surface area contributed by atoms with E-state index in [2.05, 4.69) is 12.2 Å². The van der Waals surface area contributed by atoms with E-state index in [0.29, 0.717) is 6.61 Å². The number of amides is 1. The number of carboxylic acids is 1. The molecule has 21 heavy (non-hydrogen) atoms. The number of likely N-dealkylation sites (N-methyl/N-ethyl adjacent to an activating group) is 1. The normalized spacial score (nSPS) is 23.2. The molecule has 1 fully saturated rings. The second-order valence-electron chi connectivity index (χ2n) is 5.93. The van der Waals surface area contributed by atoms with E-state index < -0.39 is 11.9 Å². The molecule has 0 spiro atoms. The van der Waals surface area contributed by atoms with Crippen LogP contribution >= 0.6 is 0 Å². The van der Waals surface area contributed by atoms with Crippen molar-refractivity contribution in [2.75, 3.05) is 26.8 Å². The molecule has 0 aliphatic carbocycles. The molecule has 3 atom stereocenters. The molecule has 1 rings (SSSR count). The Balaban J connectivity index is 2.34. The van der Waals surface area contributed by atoms with Gasteiger partial charge in [0.05, 0.1) is 25.7 Å². The van der Waals surface area contributed by atoms with Gasteiger partial charge >= 0.3 is 5.97 Å². The van der Waals surface area contributed by atoms with Crippen molar-refractivity contribution in [2.45, 2.75) is 51.6 Å². The minimum Gasteiger partial charge on any atom is -0.481 e. The number of aliphatic carboxylic acids is 1. The average Bonchev–Trinajstić information content (AvgIpc) is 2.88. The van der Waals surface area contributed by atoms with Gasteiger partial charge in [-0.15, -0.1) is 0 Å². The molecule has 1 aliphatic heterocycles. The number of hydrogen-bond acceptors (Lipinski definition) is 4. The summed E-state index contributed by atoms with van der Waals surface area (Å²) in [5.41, 5.74) is 0. The van der Waals surface area contributed by atoms with Crippen molar-refractivity contribution in [3.63, 3.8) is 0 Å². The third-order valence-electron chi connectivity index (χ3n) is 3.97. The summed E-state index contributed by atoms with van der Waals surface area (Å²) in [6.45, 7) is 4.95. The van der Waals surface area contributed by atoms with Crippen LogP contribution in [0.1, 0.15) is 39.5 Å². The zero-order valence-electron chi connectivity index (χ0n) is 13.3. The number of ether oxygens (including phenoxy) is 1. The molecule has 0 radical (unpaired) electrons. The number of carbonyl (C=O) groups is 2. The van der Waals surface area contributed by atoms with Crippen LogP contribution in [-0.2, 0) is 14.3 Å². The van der Waals surface area contributed by atoms with Crippen molar-refractivity contribution in [1.29, 1.82) is 0 Å². The highest BCUT2D eigenvalue weighted by molar-refractivity contribution is 5.78. The Morgan fingerprint density at radius 2 is 2.10 bits per heavy atom. The summed E-state index contributed by atoms with van der Waals surface area (Å²) >= 11 is 0. The SMILES string of the molecule is CCCCCC(C)NC(=O)CN(C)C1COCC1C(=O)O. The van der Waals surface area contributed by atoms with E-state index in [0.717, 1.165) is 12.8 Å². The minimum absolute atomic E-state index is 0.0578. The fraction of sp³-hybridized carbons (Fsp3) is 0.867. The quantitative estimate of drug-likeness (QED) is 0.624. The van der Waals surface area contributed by atoms with Crippen LogP contribution < -0.4 is 5.32 Å². The Hall–Kier alpha value is -1.14. The van der Waals surface area contributed by atoms with Gasteiger partial charge in [-0.2, -0.15) is 0 Å². The van der Waals surface area contributed by atoms with Crippen molar-refractivity contribution in [3.8, 4) is 0 Å². The predicted octanol–water partition coefficient (Wildman–Crippen LogP) is 1.10. The summed E-state index contributed by atoms with van der Waals surface area (Å²) < 4.78 is 5.23. The van der Waals surface area contributed by atoms with Gasteiger partial charge in [0.1, 0.15) is 0 Å². The van der Waals surface area contributed by atoms with Gasteiger partial charge in [0.2, 0.25) is 5.91 Å². The molecule has 1 heterocycles. The maximum absolute atomic E-state index is 12.0. The van der Waals surface area contributed by atoms with E-state index in [9.17, 15) is 9.59 Å². The van der Waals surface area contributed by atoms with Gasteiger partial charge in [0, 0.05) is 12.1 Å². The molecule has 6 nitrogen and oxygen atoms in total. The largest absolute Gasteiger partial charge is 0.481 e. The second kappa shape index (κ2) is 9.00. The molecule has 1 aliphatic rings. The number of nitrogens with zero attached hydrogens (tertiary/aromatic N) is 1. The Bertz CT molecular complexity index is 349.